The predicted octanol–water partition coefficient (Wildman–Crippen LogP) is 4.36. The van der Waals surface area contributed by atoms with Crippen LogP contribution in [0.15, 0.2) is 57.7 Å². The summed E-state index contributed by atoms with van der Waals surface area (Å²) in [7, 11) is 0. The second-order valence-electron chi connectivity index (χ2n) is 6.69. The van der Waals surface area contributed by atoms with Crippen LogP contribution in [0.1, 0.15) is 42.6 Å². The summed E-state index contributed by atoms with van der Waals surface area (Å²) < 4.78 is 10.8. The van der Waals surface area contributed by atoms with Crippen molar-refractivity contribution in [2.75, 3.05) is 11.9 Å². The normalized spacial score (nSPS) is 10.7. The van der Waals surface area contributed by atoms with Gasteiger partial charge in [0.2, 0.25) is 5.91 Å². The van der Waals surface area contributed by atoms with Gasteiger partial charge in [0, 0.05) is 35.2 Å². The van der Waals surface area contributed by atoms with E-state index in [-0.39, 0.29) is 18.3 Å². The number of hydrogen-bond donors (Lipinski definition) is 1. The molecular formula is C23H23NO5. The highest BCUT2D eigenvalue weighted by molar-refractivity contribution is 5.98. The van der Waals surface area contributed by atoms with Gasteiger partial charge >= 0.3 is 5.63 Å². The van der Waals surface area contributed by atoms with Crippen LogP contribution in [0.4, 0.5) is 5.69 Å². The summed E-state index contributed by atoms with van der Waals surface area (Å²) in [4.78, 5) is 35.7. The van der Waals surface area contributed by atoms with Crippen molar-refractivity contribution in [3.8, 4) is 5.75 Å². The topological polar surface area (TPSA) is 85.6 Å². The van der Waals surface area contributed by atoms with E-state index in [1.807, 2.05) is 19.9 Å². The Morgan fingerprint density at radius 1 is 1.03 bits per heavy atom. The largest absolute Gasteiger partial charge is 0.485 e. The molecule has 0 saturated carbocycles. The average molecular weight is 393 g/mol. The molecule has 1 amide bonds. The summed E-state index contributed by atoms with van der Waals surface area (Å²) in [5, 5.41) is 3.63. The number of ether oxygens (including phenoxy) is 1. The Labute approximate surface area is 168 Å². The number of benzene rings is 2. The molecule has 6 heteroatoms. The summed E-state index contributed by atoms with van der Waals surface area (Å²) in [5.74, 6) is 0.204. The number of aryl methyl sites for hydroxylation is 1. The van der Waals surface area contributed by atoms with E-state index >= 15 is 0 Å². The fourth-order valence-electron chi connectivity index (χ4n) is 3.01. The van der Waals surface area contributed by atoms with E-state index < -0.39 is 5.63 Å². The zero-order chi connectivity index (χ0) is 20.8. The minimum absolute atomic E-state index is 0.0518. The molecule has 6 nitrogen and oxygen atoms in total. The third-order valence-electron chi connectivity index (χ3n) is 4.52. The van der Waals surface area contributed by atoms with E-state index in [0.29, 0.717) is 29.0 Å². The highest BCUT2D eigenvalue weighted by Gasteiger charge is 2.10. The molecule has 1 N–H and O–H groups in total. The number of ketones is 1. The van der Waals surface area contributed by atoms with Crippen molar-refractivity contribution in [3.05, 3.63) is 70.1 Å². The van der Waals surface area contributed by atoms with E-state index in [1.165, 1.54) is 6.07 Å². The molecule has 29 heavy (non-hydrogen) atoms. The van der Waals surface area contributed by atoms with Gasteiger partial charge in [-0.05, 0) is 54.8 Å². The van der Waals surface area contributed by atoms with Gasteiger partial charge in [-0.3, -0.25) is 9.59 Å². The third-order valence-corrected chi connectivity index (χ3v) is 4.52. The van der Waals surface area contributed by atoms with E-state index in [1.54, 1.807) is 36.4 Å². The van der Waals surface area contributed by atoms with Gasteiger partial charge in [-0.15, -0.1) is 0 Å². The minimum Gasteiger partial charge on any atom is -0.485 e. The molecule has 0 bridgehead atoms. The van der Waals surface area contributed by atoms with Crippen LogP contribution in [0.3, 0.4) is 0 Å². The van der Waals surface area contributed by atoms with Crippen LogP contribution in [0.5, 0.6) is 5.75 Å². The van der Waals surface area contributed by atoms with Gasteiger partial charge in [0.15, 0.2) is 12.4 Å². The first kappa shape index (κ1) is 20.3. The van der Waals surface area contributed by atoms with Crippen molar-refractivity contribution in [2.24, 2.45) is 0 Å². The van der Waals surface area contributed by atoms with E-state index in [0.717, 1.165) is 23.8 Å². The lowest BCUT2D eigenvalue weighted by Crippen LogP contribution is -2.13. The van der Waals surface area contributed by atoms with Gasteiger partial charge in [0.25, 0.3) is 0 Å². The SMILES string of the molecule is CCCC(=O)Nc1ccc(C(=O)COc2ccc3c(CC)cc(=O)oc3c2)cc1. The monoisotopic (exact) mass is 393 g/mol. The fourth-order valence-corrected chi connectivity index (χ4v) is 3.01. The Bertz CT molecular complexity index is 1080. The lowest BCUT2D eigenvalue weighted by molar-refractivity contribution is -0.116. The molecule has 3 rings (SSSR count). The highest BCUT2D eigenvalue weighted by Crippen LogP contribution is 2.23. The smallest absolute Gasteiger partial charge is 0.336 e. The van der Waals surface area contributed by atoms with E-state index in [4.69, 9.17) is 9.15 Å². The highest BCUT2D eigenvalue weighted by atomic mass is 16.5. The van der Waals surface area contributed by atoms with Crippen LogP contribution in [0, 0.1) is 0 Å². The molecule has 0 spiro atoms. The van der Waals surface area contributed by atoms with Crippen LogP contribution >= 0.6 is 0 Å². The summed E-state index contributed by atoms with van der Waals surface area (Å²) in [6.07, 6.45) is 1.95. The van der Waals surface area contributed by atoms with Crippen molar-refractivity contribution < 1.29 is 18.7 Å². The first-order chi connectivity index (χ1) is 14.0. The Morgan fingerprint density at radius 3 is 2.48 bits per heavy atom. The number of carbonyl (C=O) groups excluding carboxylic acids is 2. The van der Waals surface area contributed by atoms with Crippen LogP contribution in [-0.4, -0.2) is 18.3 Å². The molecule has 3 aromatic rings. The number of fused-ring (bicyclic) bond motifs is 1. The first-order valence-corrected chi connectivity index (χ1v) is 9.63. The fraction of sp³-hybridized carbons (Fsp3) is 0.261. The van der Waals surface area contributed by atoms with E-state index in [2.05, 4.69) is 5.32 Å². The molecule has 0 saturated heterocycles. The van der Waals surface area contributed by atoms with Crippen molar-refractivity contribution in [1.82, 2.24) is 0 Å². The Balaban J connectivity index is 1.66. The summed E-state index contributed by atoms with van der Waals surface area (Å²) in [6.45, 7) is 3.76. The molecule has 0 unspecified atom stereocenters. The zero-order valence-electron chi connectivity index (χ0n) is 16.5. The molecule has 1 heterocycles. The summed E-state index contributed by atoms with van der Waals surface area (Å²) >= 11 is 0. The summed E-state index contributed by atoms with van der Waals surface area (Å²) in [5.41, 5.74) is 2.07. The summed E-state index contributed by atoms with van der Waals surface area (Å²) in [6, 6.07) is 13.4. The molecule has 0 atom stereocenters. The lowest BCUT2D eigenvalue weighted by Gasteiger charge is -2.09. The molecule has 0 aliphatic heterocycles. The van der Waals surface area contributed by atoms with Crippen LogP contribution < -0.4 is 15.7 Å². The van der Waals surface area contributed by atoms with Gasteiger partial charge in [-0.25, -0.2) is 4.79 Å². The molecule has 150 valence electrons. The number of anilines is 1. The molecule has 0 aliphatic carbocycles. The Hall–Kier alpha value is -3.41. The Kier molecular flexibility index (Phi) is 6.44. The zero-order valence-corrected chi connectivity index (χ0v) is 16.5. The molecular weight excluding hydrogens is 370 g/mol. The maximum atomic E-state index is 12.4. The number of amides is 1. The predicted molar refractivity (Wildman–Crippen MR) is 112 cm³/mol. The number of nitrogens with one attached hydrogen (secondary N) is 1. The Morgan fingerprint density at radius 2 is 1.79 bits per heavy atom. The minimum atomic E-state index is -0.409. The number of Topliss-reactive ketones (excluding diaryl/α,β-unsaturated/α-hetero) is 1. The number of rotatable bonds is 8. The molecule has 1 aromatic heterocycles. The second kappa shape index (κ2) is 9.19. The maximum absolute atomic E-state index is 12.4. The molecule has 0 radical (unpaired) electrons. The lowest BCUT2D eigenvalue weighted by atomic mass is 10.1. The van der Waals surface area contributed by atoms with Gasteiger partial charge in [-0.1, -0.05) is 13.8 Å². The second-order valence-corrected chi connectivity index (χ2v) is 6.69. The molecule has 2 aromatic carbocycles. The standard InChI is InChI=1S/C23H23NO5/c1-3-5-22(26)24-17-8-6-16(7-9-17)20(25)14-28-18-10-11-19-15(4-2)12-23(27)29-21(19)13-18/h6-13H,3-5,14H2,1-2H3,(H,24,26). The number of carbonyl (C=O) groups is 2. The van der Waals surface area contributed by atoms with E-state index in [9.17, 15) is 14.4 Å². The van der Waals surface area contributed by atoms with Gasteiger partial charge < -0.3 is 14.5 Å². The number of hydrogen-bond acceptors (Lipinski definition) is 5. The van der Waals surface area contributed by atoms with Crippen molar-refractivity contribution in [1.29, 1.82) is 0 Å². The van der Waals surface area contributed by atoms with Crippen molar-refractivity contribution in [3.63, 3.8) is 0 Å². The van der Waals surface area contributed by atoms with Gasteiger partial charge in [-0.2, -0.15) is 0 Å². The molecule has 0 fully saturated rings. The van der Waals surface area contributed by atoms with Gasteiger partial charge in [0.05, 0.1) is 0 Å². The van der Waals surface area contributed by atoms with Crippen LogP contribution in [0.2, 0.25) is 0 Å². The first-order valence-electron chi connectivity index (χ1n) is 9.63. The van der Waals surface area contributed by atoms with Crippen LogP contribution in [-0.2, 0) is 11.2 Å². The third kappa shape index (κ3) is 5.10. The van der Waals surface area contributed by atoms with Crippen LogP contribution in [0.25, 0.3) is 11.0 Å². The van der Waals surface area contributed by atoms with Gasteiger partial charge in [0.1, 0.15) is 11.3 Å². The quantitative estimate of drug-likeness (QED) is 0.454. The van der Waals surface area contributed by atoms with Crippen molar-refractivity contribution in [2.45, 2.75) is 33.1 Å². The average Bonchev–Trinajstić information content (AvgIpc) is 2.71. The molecule has 0 aliphatic rings. The maximum Gasteiger partial charge on any atom is 0.336 e. The van der Waals surface area contributed by atoms with Crippen molar-refractivity contribution >= 4 is 28.3 Å².